The number of quaternary nitrogens is 2. The molecule has 2 aromatic heterocycles. The van der Waals surface area contributed by atoms with E-state index < -0.39 is 110 Å². The fourth-order valence-corrected chi connectivity index (χ4v) is 43.1. The zero-order chi connectivity index (χ0) is 81.9. The van der Waals surface area contributed by atoms with Gasteiger partial charge in [0.25, 0.3) is 0 Å². The number of amidine groups is 4. The predicted molar refractivity (Wildman–Crippen MR) is 424 cm³/mol. The first-order chi connectivity index (χ1) is 53.8. The van der Waals surface area contributed by atoms with Gasteiger partial charge in [0.1, 0.15) is 0 Å². The second-order valence-electron chi connectivity index (χ2n) is 31.8. The number of ether oxygens (including phenoxy) is 4. The zero-order valence-corrected chi connectivity index (χ0v) is 83.7. The molecule has 6 aliphatic heterocycles. The molecule has 0 atom stereocenters. The van der Waals surface area contributed by atoms with Gasteiger partial charge in [-0.05, 0) is 0 Å². The molecule has 0 N–H and O–H groups in total. The van der Waals surface area contributed by atoms with E-state index in [1.165, 1.54) is 0 Å². The Kier molecular flexibility index (Phi) is 34.5. The summed E-state index contributed by atoms with van der Waals surface area (Å²) >= 11 is 0. The van der Waals surface area contributed by atoms with Crippen molar-refractivity contribution in [3.8, 4) is 0 Å². The summed E-state index contributed by atoms with van der Waals surface area (Å²) in [5, 5.41) is 13.6. The number of benzene rings is 4. The molecule has 45 heteroatoms. The van der Waals surface area contributed by atoms with Crippen LogP contribution in [0, 0.1) is 0 Å². The first-order valence-corrected chi connectivity index (χ1v) is 55.6. The number of carboxylic acids is 1. The quantitative estimate of drug-likeness (QED) is 0.0148. The third-order valence-electron chi connectivity index (χ3n) is 22.6. The van der Waals surface area contributed by atoms with E-state index in [9.17, 15) is 83.0 Å². The largest absolute Gasteiger partial charge is 1.00 e. The van der Waals surface area contributed by atoms with Gasteiger partial charge in [0.2, 0.25) is 0 Å². The SMILES string of the molecule is C[Si](C)(CCC[N+](CCCCS(=O)(=O)[O-])(CCCCS(=O)(=O)[O-])CCCCS(=O)(=O)[O-])O[Si-2]123(O[Si](C)(C)CCC[N+](CCCCS(=O)(=O)[O-])(CCCCS(=O)(=O)[O-])CCOCCOCCOCCOCCC(=O)[O-])n4c5c6ccccc6c4N=C4c6ccccc6C(=[N+]41)N=c1c4ccccc4c(n12)=NC1=[N+]3C(=N5)c2ccccc21.[Na+].[Na+].[Na+].[Na+]. The number of hydrogen-bond donors (Lipinski definition) is 0. The molecule has 8 heterocycles. The number of aliphatic imine (C=N–C) groups is 2. The Balaban J connectivity index is 0.00000434. The maximum atomic E-state index is 12.2. The molecule has 0 saturated heterocycles. The van der Waals surface area contributed by atoms with Gasteiger partial charge >= 0.3 is 725 Å². The maximum Gasteiger partial charge on any atom is 1.00 e. The Hall–Kier alpha value is -2.41. The molecule has 0 radical (unpaired) electrons. The second-order valence-corrected chi connectivity index (χ2v) is 53.7. The Morgan fingerprint density at radius 1 is 0.381 bits per heavy atom. The molecule has 33 nitrogen and oxygen atoms in total. The molecule has 6 aromatic rings. The monoisotopic (exact) mass is 1820 g/mol. The molecule has 0 amide bonds. The van der Waals surface area contributed by atoms with Crippen LogP contribution in [0.4, 0.5) is 11.6 Å². The molecule has 626 valence electrons. The molecular formula is C73H100N10Na4O23S5Si3. The van der Waals surface area contributed by atoms with E-state index in [-0.39, 0.29) is 270 Å². The van der Waals surface area contributed by atoms with Gasteiger partial charge in [-0.2, -0.15) is 0 Å². The summed E-state index contributed by atoms with van der Waals surface area (Å²) in [5.74, 6) is -1.57. The van der Waals surface area contributed by atoms with Crippen LogP contribution in [0.25, 0.3) is 21.5 Å². The van der Waals surface area contributed by atoms with E-state index in [2.05, 4.69) is 43.1 Å². The van der Waals surface area contributed by atoms with Gasteiger partial charge in [-0.1, -0.05) is 0 Å². The minimum Gasteiger partial charge on any atom is 1.00 e. The number of rotatable bonds is 52. The van der Waals surface area contributed by atoms with Gasteiger partial charge in [-0.3, -0.25) is 0 Å². The number of carbonyl (C=O) groups excluding carboxylic acids is 1. The van der Waals surface area contributed by atoms with Crippen LogP contribution in [0.1, 0.15) is 106 Å². The number of aromatic nitrogens is 2. The van der Waals surface area contributed by atoms with Crippen molar-refractivity contribution in [2.45, 2.75) is 122 Å². The molecule has 0 unspecified atom stereocenters. The fourth-order valence-electron chi connectivity index (χ4n) is 18.1. The van der Waals surface area contributed by atoms with Crippen molar-refractivity contribution in [1.82, 2.24) is 8.47 Å². The normalized spacial score (nSPS) is 16.6. The van der Waals surface area contributed by atoms with Crippen molar-refractivity contribution < 1.29 is 238 Å². The Bertz CT molecular complexity index is 5300. The number of aliphatic carboxylic acids is 1. The minimum atomic E-state index is -7.48. The Labute approximate surface area is 780 Å². The predicted octanol–water partition coefficient (Wildman–Crippen LogP) is -7.97. The van der Waals surface area contributed by atoms with Gasteiger partial charge in [0.15, 0.2) is 0 Å². The summed E-state index contributed by atoms with van der Waals surface area (Å²) in [4.78, 5) is 34.2. The average Bonchev–Trinajstić information content (AvgIpc) is 1.35. The standard InChI is InChI=1S/C73H104N10O23S5Si3.4Na/c1-112(2,55-23-39-82(34-13-18-50-107(86,87)88,35-14-19-51-108(89,90)91)36-15-20-52-109(92,93)94)105-114(106-113(3,4)56-24-40-83(37-16-21-53-110(95,96)97,38-17-22-54-111(98,99)100)41-43-102-45-47-104-49-48-103-46-44-101-42-33-65(84)85)78-66-57-25-5-6-26-58(57)67(78)75-69-61-29-9-10-30-62(61)71(80(69)114)77-73-64-32-12-11-31-63(64)72(81(73)114)76-70-60-28-8-7-27-59(60)68(74-66)79(70)114;;;;/h5-12,25-32H,13-24,33-56H2,1-4H3,(H4-2,84,85,86,87,88,89,90,91,92,93,94,95,96,97,98,99,100);;;;/q;4*+1/p-4. The number of carboxylic acid groups (broad SMARTS) is 1. The smallest absolute Gasteiger partial charge is 1.00 e. The van der Waals surface area contributed by atoms with E-state index in [0.717, 1.165) is 43.8 Å². The van der Waals surface area contributed by atoms with Crippen molar-refractivity contribution in [3.05, 3.63) is 130 Å². The number of hydrogen-bond acceptors (Lipinski definition) is 27. The van der Waals surface area contributed by atoms with Crippen molar-refractivity contribution in [3.63, 3.8) is 0 Å². The molecule has 0 aliphatic carbocycles. The van der Waals surface area contributed by atoms with Crippen molar-refractivity contribution in [2.75, 3.05) is 134 Å². The molecule has 0 bridgehead atoms. The van der Waals surface area contributed by atoms with Gasteiger partial charge in [-0.15, -0.1) is 0 Å². The number of fused-ring (bicyclic) bond motifs is 12. The summed E-state index contributed by atoms with van der Waals surface area (Å²) < 4.78 is 233. The molecule has 118 heavy (non-hydrogen) atoms. The van der Waals surface area contributed by atoms with E-state index in [1.54, 1.807) is 0 Å². The molecule has 0 fully saturated rings. The van der Waals surface area contributed by atoms with Crippen LogP contribution in [0.2, 0.25) is 38.3 Å². The number of unbranched alkanes of at least 4 members (excludes halogenated alkanes) is 5. The summed E-state index contributed by atoms with van der Waals surface area (Å²) in [6.07, 6.45) is 1.79. The van der Waals surface area contributed by atoms with Gasteiger partial charge in [0.05, 0.1) is 33.0 Å². The maximum absolute atomic E-state index is 12.2. The van der Waals surface area contributed by atoms with E-state index >= 15 is 0 Å². The molecule has 0 saturated carbocycles. The third kappa shape index (κ3) is 21.9. The molecular weight excluding hydrogens is 1720 g/mol. The zero-order valence-electron chi connectivity index (χ0n) is 68.6. The first kappa shape index (κ1) is 101. The van der Waals surface area contributed by atoms with E-state index in [4.69, 9.17) is 38.9 Å². The van der Waals surface area contributed by atoms with Gasteiger partial charge in [-0.25, -0.2) is 0 Å². The second kappa shape index (κ2) is 40.3. The van der Waals surface area contributed by atoms with Crippen LogP contribution in [-0.4, -0.2) is 278 Å². The van der Waals surface area contributed by atoms with Crippen LogP contribution in [0.3, 0.4) is 0 Å². The average molecular weight is 1820 g/mol. The molecule has 6 aliphatic rings. The Morgan fingerprint density at radius 2 is 0.669 bits per heavy atom. The minimum absolute atomic E-state index is 0. The van der Waals surface area contributed by atoms with Crippen LogP contribution in [-0.2, 0) is 82.6 Å². The topological polar surface area (TPSA) is 447 Å². The van der Waals surface area contributed by atoms with Crippen LogP contribution in [0.15, 0.2) is 117 Å². The van der Waals surface area contributed by atoms with E-state index in [0.29, 0.717) is 104 Å². The summed E-state index contributed by atoms with van der Waals surface area (Å²) in [5.41, 5.74) is 3.83. The number of carbonyl (C=O) groups is 1. The van der Waals surface area contributed by atoms with E-state index in [1.807, 2.05) is 97.1 Å². The number of nitrogens with zero attached hydrogens (tertiary/aromatic N) is 10. The van der Waals surface area contributed by atoms with Crippen molar-refractivity contribution in [2.24, 2.45) is 20.0 Å². The van der Waals surface area contributed by atoms with Crippen LogP contribution < -0.4 is 134 Å². The Morgan fingerprint density at radius 3 is 1.00 bits per heavy atom. The molecule has 12 rings (SSSR count). The van der Waals surface area contributed by atoms with Crippen molar-refractivity contribution in [1.29, 1.82) is 0 Å². The van der Waals surface area contributed by atoms with Crippen LogP contribution in [0.5, 0.6) is 0 Å². The first-order valence-electron chi connectivity index (χ1n) is 38.8. The van der Waals surface area contributed by atoms with Crippen LogP contribution >= 0.6 is 0 Å². The molecule has 4 aromatic carbocycles. The molecule has 1 spiro atoms. The van der Waals surface area contributed by atoms with Gasteiger partial charge in [0, 0.05) is 12.4 Å². The third-order valence-corrected chi connectivity index (χ3v) is 43.2. The van der Waals surface area contributed by atoms with Gasteiger partial charge < -0.3 is 19.4 Å². The summed E-state index contributed by atoms with van der Waals surface area (Å²) in [7, 11) is -38.2. The van der Waals surface area contributed by atoms with Crippen molar-refractivity contribution >= 4 is 137 Å². The fraction of sp³-hybridized carbons (Fsp3) is 0.548. The summed E-state index contributed by atoms with van der Waals surface area (Å²) in [6.45, 7) is 12.4. The summed E-state index contributed by atoms with van der Waals surface area (Å²) in [6, 6.07) is 32.4.